The summed E-state index contributed by atoms with van der Waals surface area (Å²) in [7, 11) is 0. The number of hydrogen-bond donors (Lipinski definition) is 1. The molecule has 0 radical (unpaired) electrons. The maximum atomic E-state index is 12.3. The fraction of sp³-hybridized carbons (Fsp3) is 0.769. The maximum Gasteiger partial charge on any atom is 0.235 e. The van der Waals surface area contributed by atoms with Gasteiger partial charge in [-0.2, -0.15) is 0 Å². The van der Waals surface area contributed by atoms with Crippen molar-refractivity contribution in [3.8, 4) is 0 Å². The van der Waals surface area contributed by atoms with Crippen LogP contribution in [0, 0.1) is 5.92 Å². The zero-order valence-corrected chi connectivity index (χ0v) is 12.7. The predicted molar refractivity (Wildman–Crippen MR) is 76.1 cm³/mol. The fourth-order valence-corrected chi connectivity index (χ4v) is 3.01. The number of H-pyrrole nitrogens is 1. The first-order valence-electron chi connectivity index (χ1n) is 6.96. The molecule has 1 saturated heterocycles. The monoisotopic (exact) mass is 282 g/mol. The molecule has 2 rings (SSSR count). The first-order chi connectivity index (χ1) is 9.10. The molecule has 1 N–H and O–H groups in total. The lowest BCUT2D eigenvalue weighted by molar-refractivity contribution is -0.131. The van der Waals surface area contributed by atoms with Crippen LogP contribution in [0.1, 0.15) is 39.4 Å². The molecule has 0 aromatic carbocycles. The number of carbonyl (C=O) groups excluding carboxylic acids is 1. The van der Waals surface area contributed by atoms with Gasteiger partial charge in [-0.15, -0.1) is 5.10 Å². The molecular formula is C13H22N4OS. The van der Waals surface area contributed by atoms with Crippen LogP contribution in [0.15, 0.2) is 5.16 Å². The molecule has 0 saturated carbocycles. The van der Waals surface area contributed by atoms with Crippen LogP contribution in [-0.2, 0) is 11.2 Å². The molecule has 1 aliphatic rings. The normalized spacial score (nSPS) is 18.6. The molecule has 5 nitrogen and oxygen atoms in total. The molecule has 2 heterocycles. The number of nitrogens with one attached hydrogen (secondary N) is 1. The molecule has 0 aliphatic carbocycles. The van der Waals surface area contributed by atoms with E-state index in [0.717, 1.165) is 44.1 Å². The first-order valence-corrected chi connectivity index (χ1v) is 7.84. The predicted octanol–water partition coefficient (Wildman–Crippen LogP) is 2.11. The van der Waals surface area contributed by atoms with Gasteiger partial charge in [0.2, 0.25) is 11.1 Å². The number of aromatic amines is 1. The third-order valence-corrected chi connectivity index (χ3v) is 4.52. The average Bonchev–Trinajstić information content (AvgIpc) is 2.86. The molecule has 1 fully saturated rings. The summed E-state index contributed by atoms with van der Waals surface area (Å²) in [6, 6.07) is 0. The molecule has 6 heteroatoms. The first kappa shape index (κ1) is 14.4. The Balaban J connectivity index is 1.88. The van der Waals surface area contributed by atoms with Gasteiger partial charge in [0.1, 0.15) is 5.82 Å². The van der Waals surface area contributed by atoms with Gasteiger partial charge in [-0.1, -0.05) is 25.6 Å². The van der Waals surface area contributed by atoms with Crippen LogP contribution in [0.3, 0.4) is 0 Å². The van der Waals surface area contributed by atoms with E-state index in [4.69, 9.17) is 0 Å². The van der Waals surface area contributed by atoms with Crippen LogP contribution in [0.25, 0.3) is 0 Å². The summed E-state index contributed by atoms with van der Waals surface area (Å²) in [6.45, 7) is 7.99. The van der Waals surface area contributed by atoms with E-state index in [-0.39, 0.29) is 11.2 Å². The van der Waals surface area contributed by atoms with Crippen molar-refractivity contribution in [2.24, 2.45) is 5.92 Å². The minimum Gasteiger partial charge on any atom is -0.342 e. The van der Waals surface area contributed by atoms with E-state index in [1.807, 2.05) is 18.7 Å². The van der Waals surface area contributed by atoms with Gasteiger partial charge in [0.05, 0.1) is 5.25 Å². The SMILES string of the molecule is CCc1nc(S[C@H](C)C(=O)N2CCC(C)CC2)n[nH]1. The molecular weight excluding hydrogens is 260 g/mol. The van der Waals surface area contributed by atoms with Crippen LogP contribution < -0.4 is 0 Å². The van der Waals surface area contributed by atoms with E-state index in [0.29, 0.717) is 5.16 Å². The van der Waals surface area contributed by atoms with Crippen molar-refractivity contribution in [1.82, 2.24) is 20.1 Å². The van der Waals surface area contributed by atoms with E-state index < -0.39 is 0 Å². The third-order valence-electron chi connectivity index (χ3n) is 3.57. The number of rotatable bonds is 4. The lowest BCUT2D eigenvalue weighted by atomic mass is 9.99. The van der Waals surface area contributed by atoms with Crippen molar-refractivity contribution >= 4 is 17.7 Å². The van der Waals surface area contributed by atoms with Crippen molar-refractivity contribution in [2.45, 2.75) is 50.4 Å². The van der Waals surface area contributed by atoms with Gasteiger partial charge in [-0.05, 0) is 25.7 Å². The van der Waals surface area contributed by atoms with E-state index in [9.17, 15) is 4.79 Å². The highest BCUT2D eigenvalue weighted by atomic mass is 32.2. The largest absolute Gasteiger partial charge is 0.342 e. The van der Waals surface area contributed by atoms with Crippen molar-refractivity contribution in [3.63, 3.8) is 0 Å². The number of aromatic nitrogens is 3. The second-order valence-corrected chi connectivity index (χ2v) is 6.49. The van der Waals surface area contributed by atoms with Gasteiger partial charge in [0.15, 0.2) is 0 Å². The summed E-state index contributed by atoms with van der Waals surface area (Å²) >= 11 is 1.44. The van der Waals surface area contributed by atoms with E-state index in [2.05, 4.69) is 22.1 Å². The van der Waals surface area contributed by atoms with Crippen LogP contribution >= 0.6 is 11.8 Å². The highest BCUT2D eigenvalue weighted by Crippen LogP contribution is 2.23. The molecule has 19 heavy (non-hydrogen) atoms. The number of hydrogen-bond acceptors (Lipinski definition) is 4. The number of carbonyl (C=O) groups is 1. The molecule has 1 aliphatic heterocycles. The van der Waals surface area contributed by atoms with E-state index >= 15 is 0 Å². The molecule has 0 spiro atoms. The zero-order chi connectivity index (χ0) is 13.8. The molecule has 1 atom stereocenters. The maximum absolute atomic E-state index is 12.3. The summed E-state index contributed by atoms with van der Waals surface area (Å²) in [5, 5.41) is 7.55. The third kappa shape index (κ3) is 3.72. The highest BCUT2D eigenvalue weighted by molar-refractivity contribution is 8.00. The topological polar surface area (TPSA) is 61.9 Å². The van der Waals surface area contributed by atoms with Crippen molar-refractivity contribution in [1.29, 1.82) is 0 Å². The van der Waals surface area contributed by atoms with Crippen molar-refractivity contribution in [3.05, 3.63) is 5.82 Å². The number of likely N-dealkylation sites (tertiary alicyclic amines) is 1. The number of nitrogens with zero attached hydrogens (tertiary/aromatic N) is 3. The van der Waals surface area contributed by atoms with Gasteiger partial charge >= 0.3 is 0 Å². The number of aryl methyl sites for hydroxylation is 1. The Hall–Kier alpha value is -1.04. The van der Waals surface area contributed by atoms with Crippen LogP contribution in [-0.4, -0.2) is 44.3 Å². The molecule has 0 bridgehead atoms. The van der Waals surface area contributed by atoms with E-state index in [1.54, 1.807) is 0 Å². The second kappa shape index (κ2) is 6.41. The summed E-state index contributed by atoms with van der Waals surface area (Å²) in [6.07, 6.45) is 3.06. The van der Waals surface area contributed by atoms with E-state index in [1.165, 1.54) is 11.8 Å². The lowest BCUT2D eigenvalue weighted by Gasteiger charge is -2.31. The molecule has 1 aromatic rings. The summed E-state index contributed by atoms with van der Waals surface area (Å²) in [5.74, 6) is 1.82. The van der Waals surface area contributed by atoms with Crippen LogP contribution in [0.2, 0.25) is 0 Å². The van der Waals surface area contributed by atoms with Gasteiger partial charge in [-0.25, -0.2) is 4.98 Å². The molecule has 1 aromatic heterocycles. The fourth-order valence-electron chi connectivity index (χ4n) is 2.18. The quantitative estimate of drug-likeness (QED) is 0.859. The summed E-state index contributed by atoms with van der Waals surface area (Å²) < 4.78 is 0. The molecule has 0 unspecified atom stereocenters. The summed E-state index contributed by atoms with van der Waals surface area (Å²) in [4.78, 5) is 18.6. The Morgan fingerprint density at radius 2 is 2.21 bits per heavy atom. The number of thioether (sulfide) groups is 1. The Morgan fingerprint density at radius 3 is 2.79 bits per heavy atom. The molecule has 1 amide bonds. The number of piperidine rings is 1. The minimum absolute atomic E-state index is 0.117. The minimum atomic E-state index is -0.117. The Labute approximate surface area is 118 Å². The standard InChI is InChI=1S/C13H22N4OS/c1-4-11-14-13(16-15-11)19-10(3)12(18)17-7-5-9(2)6-8-17/h9-10H,4-8H2,1-3H3,(H,14,15,16)/t10-/m1/s1. The smallest absolute Gasteiger partial charge is 0.235 e. The Bertz CT molecular complexity index is 426. The Kier molecular flexibility index (Phi) is 4.85. The number of amides is 1. The van der Waals surface area contributed by atoms with Crippen molar-refractivity contribution < 1.29 is 4.79 Å². The Morgan fingerprint density at radius 1 is 1.53 bits per heavy atom. The molecule has 106 valence electrons. The van der Waals surface area contributed by atoms with Crippen LogP contribution in [0.5, 0.6) is 0 Å². The summed E-state index contributed by atoms with van der Waals surface area (Å²) in [5.41, 5.74) is 0. The van der Waals surface area contributed by atoms with Gasteiger partial charge in [0, 0.05) is 19.5 Å². The van der Waals surface area contributed by atoms with Crippen molar-refractivity contribution in [2.75, 3.05) is 13.1 Å². The van der Waals surface area contributed by atoms with Gasteiger partial charge in [0.25, 0.3) is 0 Å². The second-order valence-electron chi connectivity index (χ2n) is 5.19. The lowest BCUT2D eigenvalue weighted by Crippen LogP contribution is -2.41. The van der Waals surface area contributed by atoms with Gasteiger partial charge < -0.3 is 4.90 Å². The van der Waals surface area contributed by atoms with Crippen LogP contribution in [0.4, 0.5) is 0 Å². The zero-order valence-electron chi connectivity index (χ0n) is 11.8. The highest BCUT2D eigenvalue weighted by Gasteiger charge is 2.25. The van der Waals surface area contributed by atoms with Gasteiger partial charge in [-0.3, -0.25) is 9.89 Å². The average molecular weight is 282 g/mol.